The van der Waals surface area contributed by atoms with Gasteiger partial charge in [-0.3, -0.25) is 4.98 Å². The highest BCUT2D eigenvalue weighted by molar-refractivity contribution is 14.0. The molecule has 1 aliphatic heterocycles. The van der Waals surface area contributed by atoms with Crippen molar-refractivity contribution in [3.05, 3.63) is 83.7 Å². The minimum absolute atomic E-state index is 0. The fourth-order valence-corrected chi connectivity index (χ4v) is 3.08. The first-order valence-electron chi connectivity index (χ1n) is 10.3. The van der Waals surface area contributed by atoms with Gasteiger partial charge in [-0.1, -0.05) is 24.3 Å². The monoisotopic (exact) mass is 546 g/mol. The highest BCUT2D eigenvalue weighted by Gasteiger charge is 2.13. The molecular weight excluding hydrogens is 519 g/mol. The SMILES string of the molecule is CCNC(=NCc1ccc2c(c1)OCO2)NCc1ccc(OCc2ccccn2)cc1.I. The lowest BCUT2D eigenvalue weighted by Gasteiger charge is -2.12. The third-order valence-corrected chi connectivity index (χ3v) is 4.70. The summed E-state index contributed by atoms with van der Waals surface area (Å²) in [5, 5.41) is 6.65. The number of rotatable bonds is 8. The van der Waals surface area contributed by atoms with Crippen molar-refractivity contribution in [1.29, 1.82) is 0 Å². The van der Waals surface area contributed by atoms with Gasteiger partial charge in [-0.25, -0.2) is 4.99 Å². The fourth-order valence-electron chi connectivity index (χ4n) is 3.08. The number of pyridine rings is 1. The van der Waals surface area contributed by atoms with Gasteiger partial charge in [-0.05, 0) is 54.4 Å². The number of ether oxygens (including phenoxy) is 3. The Morgan fingerprint density at radius 1 is 1.00 bits per heavy atom. The number of aromatic nitrogens is 1. The number of benzene rings is 2. The zero-order chi connectivity index (χ0) is 21.3. The smallest absolute Gasteiger partial charge is 0.231 e. The Bertz CT molecular complexity index is 1010. The molecule has 0 bridgehead atoms. The van der Waals surface area contributed by atoms with E-state index in [0.717, 1.165) is 46.6 Å². The van der Waals surface area contributed by atoms with Gasteiger partial charge in [0, 0.05) is 19.3 Å². The zero-order valence-electron chi connectivity index (χ0n) is 17.9. The lowest BCUT2D eigenvalue weighted by atomic mass is 10.2. The van der Waals surface area contributed by atoms with E-state index in [2.05, 4.69) is 20.6 Å². The molecule has 0 radical (unpaired) electrons. The fraction of sp³-hybridized carbons (Fsp3) is 0.250. The third-order valence-electron chi connectivity index (χ3n) is 4.70. The minimum Gasteiger partial charge on any atom is -0.487 e. The highest BCUT2D eigenvalue weighted by atomic mass is 127. The lowest BCUT2D eigenvalue weighted by molar-refractivity contribution is 0.174. The third kappa shape index (κ3) is 6.74. The minimum atomic E-state index is 0. The molecule has 0 atom stereocenters. The number of nitrogens with zero attached hydrogens (tertiary/aromatic N) is 2. The van der Waals surface area contributed by atoms with E-state index in [1.54, 1.807) is 6.20 Å². The Hall–Kier alpha value is -3.01. The molecule has 0 saturated heterocycles. The molecule has 1 aliphatic rings. The van der Waals surface area contributed by atoms with Crippen molar-refractivity contribution < 1.29 is 14.2 Å². The quantitative estimate of drug-likeness (QED) is 0.250. The molecule has 32 heavy (non-hydrogen) atoms. The maximum Gasteiger partial charge on any atom is 0.231 e. The number of fused-ring (bicyclic) bond motifs is 1. The average molecular weight is 546 g/mol. The van der Waals surface area contributed by atoms with E-state index in [4.69, 9.17) is 14.2 Å². The molecule has 0 unspecified atom stereocenters. The van der Waals surface area contributed by atoms with Crippen LogP contribution in [0.2, 0.25) is 0 Å². The summed E-state index contributed by atoms with van der Waals surface area (Å²) in [6, 6.07) is 19.7. The number of hydrogen-bond acceptors (Lipinski definition) is 5. The van der Waals surface area contributed by atoms with E-state index >= 15 is 0 Å². The van der Waals surface area contributed by atoms with Gasteiger partial charge in [0.05, 0.1) is 12.2 Å². The summed E-state index contributed by atoms with van der Waals surface area (Å²) in [6.45, 7) is 4.77. The molecule has 7 nitrogen and oxygen atoms in total. The molecular formula is C24H27IN4O3. The van der Waals surface area contributed by atoms with Crippen molar-refractivity contribution in [2.75, 3.05) is 13.3 Å². The molecule has 4 rings (SSSR count). The van der Waals surface area contributed by atoms with Gasteiger partial charge in [-0.15, -0.1) is 24.0 Å². The summed E-state index contributed by atoms with van der Waals surface area (Å²) < 4.78 is 16.6. The standard InChI is InChI=1S/C24H26N4O3.HI/c1-2-25-24(28-15-19-8-11-22-23(13-19)31-17-30-22)27-14-18-6-9-21(10-7-18)29-16-20-5-3-4-12-26-20;/h3-13H,2,14-17H2,1H3,(H2,25,27,28);1H. The summed E-state index contributed by atoms with van der Waals surface area (Å²) in [5.41, 5.74) is 3.11. The van der Waals surface area contributed by atoms with E-state index in [1.807, 2.05) is 67.6 Å². The molecule has 0 saturated carbocycles. The van der Waals surface area contributed by atoms with Crippen LogP contribution in [0.15, 0.2) is 71.9 Å². The predicted octanol–water partition coefficient (Wildman–Crippen LogP) is 4.26. The van der Waals surface area contributed by atoms with Gasteiger partial charge >= 0.3 is 0 Å². The van der Waals surface area contributed by atoms with Crippen LogP contribution in [0.3, 0.4) is 0 Å². The summed E-state index contributed by atoms with van der Waals surface area (Å²) in [7, 11) is 0. The van der Waals surface area contributed by atoms with Crippen LogP contribution in [0.1, 0.15) is 23.7 Å². The van der Waals surface area contributed by atoms with Crippen LogP contribution in [0.4, 0.5) is 0 Å². The second-order valence-electron chi connectivity index (χ2n) is 6.99. The van der Waals surface area contributed by atoms with E-state index in [9.17, 15) is 0 Å². The first-order chi connectivity index (χ1) is 15.3. The van der Waals surface area contributed by atoms with E-state index in [0.29, 0.717) is 19.7 Å². The second-order valence-corrected chi connectivity index (χ2v) is 6.99. The van der Waals surface area contributed by atoms with Crippen molar-refractivity contribution in [2.24, 2.45) is 4.99 Å². The molecule has 0 fully saturated rings. The lowest BCUT2D eigenvalue weighted by Crippen LogP contribution is -2.36. The number of guanidine groups is 1. The van der Waals surface area contributed by atoms with Gasteiger partial charge in [-0.2, -0.15) is 0 Å². The molecule has 0 amide bonds. The second kappa shape index (κ2) is 12.1. The summed E-state index contributed by atoms with van der Waals surface area (Å²) in [6.07, 6.45) is 1.77. The summed E-state index contributed by atoms with van der Waals surface area (Å²) in [4.78, 5) is 8.94. The average Bonchev–Trinajstić information content (AvgIpc) is 3.29. The van der Waals surface area contributed by atoms with E-state index < -0.39 is 0 Å². The number of nitrogens with one attached hydrogen (secondary N) is 2. The Balaban J connectivity index is 0.00000289. The van der Waals surface area contributed by atoms with Crippen LogP contribution >= 0.6 is 24.0 Å². The molecule has 8 heteroatoms. The van der Waals surface area contributed by atoms with E-state index in [-0.39, 0.29) is 30.8 Å². The Kier molecular flexibility index (Phi) is 8.97. The van der Waals surface area contributed by atoms with Gasteiger partial charge in [0.15, 0.2) is 17.5 Å². The first kappa shape index (κ1) is 23.6. The Labute approximate surface area is 205 Å². The number of aliphatic imine (C=N–C) groups is 1. The zero-order valence-corrected chi connectivity index (χ0v) is 20.2. The van der Waals surface area contributed by atoms with Crippen molar-refractivity contribution in [2.45, 2.75) is 26.6 Å². The van der Waals surface area contributed by atoms with Crippen LogP contribution in [0.25, 0.3) is 0 Å². The van der Waals surface area contributed by atoms with Crippen LogP contribution in [-0.2, 0) is 19.7 Å². The molecule has 1 aromatic heterocycles. The van der Waals surface area contributed by atoms with Crippen molar-refractivity contribution in [3.63, 3.8) is 0 Å². The topological polar surface area (TPSA) is 77.0 Å². The molecule has 2 aromatic carbocycles. The Morgan fingerprint density at radius 2 is 1.81 bits per heavy atom. The summed E-state index contributed by atoms with van der Waals surface area (Å²) in [5.74, 6) is 3.13. The van der Waals surface area contributed by atoms with Crippen LogP contribution < -0.4 is 24.8 Å². The molecule has 2 heterocycles. The molecule has 168 valence electrons. The first-order valence-corrected chi connectivity index (χ1v) is 10.3. The largest absolute Gasteiger partial charge is 0.487 e. The molecule has 0 spiro atoms. The van der Waals surface area contributed by atoms with Crippen LogP contribution in [0.5, 0.6) is 17.2 Å². The highest BCUT2D eigenvalue weighted by Crippen LogP contribution is 2.32. The Morgan fingerprint density at radius 3 is 2.59 bits per heavy atom. The number of hydrogen-bond donors (Lipinski definition) is 2. The maximum atomic E-state index is 5.79. The van der Waals surface area contributed by atoms with Gasteiger partial charge in [0.2, 0.25) is 6.79 Å². The van der Waals surface area contributed by atoms with Crippen molar-refractivity contribution in [3.8, 4) is 17.2 Å². The van der Waals surface area contributed by atoms with Crippen LogP contribution in [-0.4, -0.2) is 24.3 Å². The van der Waals surface area contributed by atoms with Gasteiger partial charge < -0.3 is 24.8 Å². The number of halogens is 1. The van der Waals surface area contributed by atoms with Crippen molar-refractivity contribution >= 4 is 29.9 Å². The van der Waals surface area contributed by atoms with Crippen LogP contribution in [0, 0.1) is 0 Å². The predicted molar refractivity (Wildman–Crippen MR) is 135 cm³/mol. The van der Waals surface area contributed by atoms with Gasteiger partial charge in [0.25, 0.3) is 0 Å². The molecule has 0 aliphatic carbocycles. The van der Waals surface area contributed by atoms with E-state index in [1.165, 1.54) is 0 Å². The molecule has 2 N–H and O–H groups in total. The van der Waals surface area contributed by atoms with Crippen molar-refractivity contribution in [1.82, 2.24) is 15.6 Å². The normalized spacial score (nSPS) is 12.1. The summed E-state index contributed by atoms with van der Waals surface area (Å²) >= 11 is 0. The maximum absolute atomic E-state index is 5.79. The molecule has 3 aromatic rings. The van der Waals surface area contributed by atoms with Gasteiger partial charge in [0.1, 0.15) is 12.4 Å².